The largest absolute Gasteiger partial charge is 0.272 e. The van der Waals surface area contributed by atoms with Crippen LogP contribution in [0.3, 0.4) is 0 Å². The van der Waals surface area contributed by atoms with Gasteiger partial charge in [-0.15, -0.1) is 0 Å². The summed E-state index contributed by atoms with van der Waals surface area (Å²) in [6, 6.07) is 0. The number of hydrogen-bond donors (Lipinski definition) is 0. The van der Waals surface area contributed by atoms with Gasteiger partial charge >= 0.3 is 0 Å². The first kappa shape index (κ1) is 8.90. The molecule has 0 fully saturated rings. The van der Waals surface area contributed by atoms with Gasteiger partial charge in [0.05, 0.1) is 12.4 Å². The molecule has 0 aliphatic carbocycles. The molecule has 12 heavy (non-hydrogen) atoms. The minimum absolute atomic E-state index is 0.216. The molecule has 0 aliphatic heterocycles. The van der Waals surface area contributed by atoms with E-state index in [9.17, 15) is 9.18 Å². The number of nitrogens with zero attached hydrogens (tertiary/aromatic N) is 2. The highest BCUT2D eigenvalue weighted by Crippen LogP contribution is 2.15. The molecular weight excluding hydrogens is 159 g/mol. The molecule has 66 valence electrons. The first-order valence-electron chi connectivity index (χ1n) is 3.66. The van der Waals surface area contributed by atoms with Gasteiger partial charge in [0.15, 0.2) is 5.82 Å². The molecule has 0 unspecified atom stereocenters. The molecule has 4 heteroatoms. The van der Waals surface area contributed by atoms with Crippen LogP contribution in [0.5, 0.6) is 0 Å². The SMILES string of the molecule is CC(C)(C)C(=O)n1cc(F)cn1. The Bertz CT molecular complexity index is 298. The van der Waals surface area contributed by atoms with Crippen LogP contribution in [0.25, 0.3) is 0 Å². The van der Waals surface area contributed by atoms with Gasteiger partial charge in [-0.3, -0.25) is 4.79 Å². The van der Waals surface area contributed by atoms with Crippen molar-refractivity contribution in [1.29, 1.82) is 0 Å². The second-order valence-electron chi connectivity index (χ2n) is 3.66. The fourth-order valence-corrected chi connectivity index (χ4v) is 0.756. The Hall–Kier alpha value is -1.19. The average Bonchev–Trinajstić information content (AvgIpc) is 2.32. The fourth-order valence-electron chi connectivity index (χ4n) is 0.756. The molecule has 1 rings (SSSR count). The number of rotatable bonds is 0. The summed E-state index contributed by atoms with van der Waals surface area (Å²) < 4.78 is 13.5. The van der Waals surface area contributed by atoms with Crippen molar-refractivity contribution in [2.45, 2.75) is 20.8 Å². The van der Waals surface area contributed by atoms with Crippen LogP contribution >= 0.6 is 0 Å². The van der Waals surface area contributed by atoms with Crippen LogP contribution in [0.15, 0.2) is 12.4 Å². The van der Waals surface area contributed by atoms with E-state index < -0.39 is 11.2 Å². The van der Waals surface area contributed by atoms with Gasteiger partial charge < -0.3 is 0 Å². The summed E-state index contributed by atoms with van der Waals surface area (Å²) in [6.07, 6.45) is 2.09. The lowest BCUT2D eigenvalue weighted by Gasteiger charge is -2.15. The molecule has 0 bridgehead atoms. The zero-order valence-corrected chi connectivity index (χ0v) is 7.34. The van der Waals surface area contributed by atoms with Crippen LogP contribution in [0.4, 0.5) is 4.39 Å². The number of hydrogen-bond acceptors (Lipinski definition) is 2. The third-order valence-corrected chi connectivity index (χ3v) is 1.40. The number of carbonyl (C=O) groups is 1. The second kappa shape index (κ2) is 2.69. The lowest BCUT2D eigenvalue weighted by Crippen LogP contribution is -2.26. The Kier molecular flexibility index (Phi) is 2.00. The van der Waals surface area contributed by atoms with Crippen molar-refractivity contribution in [2.24, 2.45) is 5.41 Å². The molecule has 0 aromatic carbocycles. The number of halogens is 1. The van der Waals surface area contributed by atoms with Crippen molar-refractivity contribution in [2.75, 3.05) is 0 Å². The van der Waals surface area contributed by atoms with E-state index in [1.165, 1.54) is 0 Å². The average molecular weight is 170 g/mol. The first-order valence-corrected chi connectivity index (χ1v) is 3.66. The molecular formula is C8H11FN2O. The molecule has 0 radical (unpaired) electrons. The summed E-state index contributed by atoms with van der Waals surface area (Å²) in [5.41, 5.74) is -0.529. The molecule has 0 saturated carbocycles. The fraction of sp³-hybridized carbons (Fsp3) is 0.500. The molecule has 0 aliphatic rings. The van der Waals surface area contributed by atoms with Gasteiger partial charge in [-0.1, -0.05) is 20.8 Å². The van der Waals surface area contributed by atoms with Crippen LogP contribution in [0.1, 0.15) is 25.6 Å². The summed E-state index contributed by atoms with van der Waals surface area (Å²) in [4.78, 5) is 11.4. The first-order chi connectivity index (χ1) is 5.41. The summed E-state index contributed by atoms with van der Waals surface area (Å²) >= 11 is 0. The highest BCUT2D eigenvalue weighted by Gasteiger charge is 2.23. The van der Waals surface area contributed by atoms with E-state index in [1.54, 1.807) is 20.8 Å². The van der Waals surface area contributed by atoms with Crippen LogP contribution in [0.2, 0.25) is 0 Å². The van der Waals surface area contributed by atoms with Gasteiger partial charge in [-0.25, -0.2) is 9.07 Å². The van der Waals surface area contributed by atoms with E-state index >= 15 is 0 Å². The molecule has 1 heterocycles. The Balaban J connectivity index is 2.93. The topological polar surface area (TPSA) is 34.9 Å². The van der Waals surface area contributed by atoms with Gasteiger partial charge in [-0.2, -0.15) is 5.10 Å². The van der Waals surface area contributed by atoms with E-state index in [4.69, 9.17) is 0 Å². The van der Waals surface area contributed by atoms with Crippen molar-refractivity contribution >= 4 is 5.91 Å². The van der Waals surface area contributed by atoms with E-state index in [-0.39, 0.29) is 5.91 Å². The van der Waals surface area contributed by atoms with Crippen LogP contribution in [0, 0.1) is 11.2 Å². The predicted molar refractivity (Wildman–Crippen MR) is 42.3 cm³/mol. The van der Waals surface area contributed by atoms with Gasteiger partial charge in [0.25, 0.3) is 5.91 Å². The summed E-state index contributed by atoms with van der Waals surface area (Å²) in [6.45, 7) is 5.28. The van der Waals surface area contributed by atoms with E-state index in [1.807, 2.05) is 0 Å². The van der Waals surface area contributed by atoms with Gasteiger partial charge in [0.1, 0.15) is 0 Å². The standard InChI is InChI=1S/C8H11FN2O/c1-8(2,3)7(12)11-5-6(9)4-10-11/h4-5H,1-3H3. The van der Waals surface area contributed by atoms with E-state index in [0.717, 1.165) is 17.1 Å². The smallest absolute Gasteiger partial charge is 0.252 e. The Labute approximate surface area is 70.2 Å². The van der Waals surface area contributed by atoms with E-state index in [0.29, 0.717) is 0 Å². The molecule has 0 amide bonds. The normalized spacial score (nSPS) is 11.7. The van der Waals surface area contributed by atoms with Crippen molar-refractivity contribution < 1.29 is 9.18 Å². The minimum Gasteiger partial charge on any atom is -0.272 e. The van der Waals surface area contributed by atoms with Crippen molar-refractivity contribution in [3.8, 4) is 0 Å². The molecule has 1 aromatic heterocycles. The Morgan fingerprint density at radius 2 is 2.17 bits per heavy atom. The number of carbonyl (C=O) groups excluding carboxylic acids is 1. The summed E-state index contributed by atoms with van der Waals surface area (Å²) in [5, 5.41) is 3.57. The van der Waals surface area contributed by atoms with Crippen LogP contribution < -0.4 is 0 Å². The van der Waals surface area contributed by atoms with Gasteiger partial charge in [-0.05, 0) is 0 Å². The molecule has 0 saturated heterocycles. The maximum absolute atomic E-state index is 12.4. The quantitative estimate of drug-likeness (QED) is 0.594. The molecule has 0 N–H and O–H groups in total. The Morgan fingerprint density at radius 1 is 1.58 bits per heavy atom. The second-order valence-corrected chi connectivity index (χ2v) is 3.66. The summed E-state index contributed by atoms with van der Waals surface area (Å²) in [5.74, 6) is -0.709. The van der Waals surface area contributed by atoms with Crippen LogP contribution in [-0.4, -0.2) is 15.7 Å². The van der Waals surface area contributed by atoms with Crippen molar-refractivity contribution in [3.05, 3.63) is 18.2 Å². The molecule has 0 atom stereocenters. The van der Waals surface area contributed by atoms with Crippen LogP contribution in [-0.2, 0) is 0 Å². The lowest BCUT2D eigenvalue weighted by molar-refractivity contribution is 0.0748. The monoisotopic (exact) mass is 170 g/mol. The zero-order valence-electron chi connectivity index (χ0n) is 7.34. The predicted octanol–water partition coefficient (Wildman–Crippen LogP) is 1.71. The maximum atomic E-state index is 12.4. The van der Waals surface area contributed by atoms with Crippen molar-refractivity contribution in [3.63, 3.8) is 0 Å². The highest BCUT2D eigenvalue weighted by molar-refractivity contribution is 5.82. The lowest BCUT2D eigenvalue weighted by atomic mass is 9.96. The van der Waals surface area contributed by atoms with E-state index in [2.05, 4.69) is 5.10 Å². The third kappa shape index (κ3) is 1.69. The molecule has 1 aromatic rings. The summed E-state index contributed by atoms with van der Waals surface area (Å²) in [7, 11) is 0. The minimum atomic E-state index is -0.529. The molecule has 0 spiro atoms. The van der Waals surface area contributed by atoms with Gasteiger partial charge in [0, 0.05) is 5.41 Å². The Morgan fingerprint density at radius 3 is 2.50 bits per heavy atom. The highest BCUT2D eigenvalue weighted by atomic mass is 19.1. The maximum Gasteiger partial charge on any atom is 0.252 e. The zero-order chi connectivity index (χ0) is 9.35. The number of aromatic nitrogens is 2. The van der Waals surface area contributed by atoms with Gasteiger partial charge in [0.2, 0.25) is 0 Å². The van der Waals surface area contributed by atoms with Crippen molar-refractivity contribution in [1.82, 2.24) is 9.78 Å². The third-order valence-electron chi connectivity index (χ3n) is 1.40. The molecule has 3 nitrogen and oxygen atoms in total.